The largest absolute Gasteiger partial charge is 0.459 e. The highest BCUT2D eigenvalue weighted by molar-refractivity contribution is 6.39. The summed E-state index contributed by atoms with van der Waals surface area (Å²) >= 11 is 0. The summed E-state index contributed by atoms with van der Waals surface area (Å²) in [5.74, 6) is -7.92. The molecule has 15 atom stereocenters. The number of aryl methyl sites for hydroxylation is 1. The molecule has 8 N–H and O–H groups in total. The highest BCUT2D eigenvalue weighted by Gasteiger charge is 2.53. The maximum atomic E-state index is 14.7. The van der Waals surface area contributed by atoms with Crippen molar-refractivity contribution >= 4 is 69.1 Å². The van der Waals surface area contributed by atoms with Crippen molar-refractivity contribution in [2.24, 2.45) is 35.3 Å². The molecule has 127 heavy (non-hydrogen) atoms. The highest BCUT2D eigenvalue weighted by Crippen LogP contribution is 2.39. The third kappa shape index (κ3) is 27.8. The summed E-state index contributed by atoms with van der Waals surface area (Å²) in [6, 6.07) is 9.84. The number of fused-ring (bicyclic) bond motifs is 6. The number of aromatic nitrogens is 8. The Labute approximate surface area is 743 Å². The lowest BCUT2D eigenvalue weighted by molar-refractivity contribution is -0.265. The van der Waals surface area contributed by atoms with Gasteiger partial charge in [0.1, 0.15) is 53.5 Å². The topological polar surface area (TPSA) is 439 Å². The van der Waals surface area contributed by atoms with E-state index in [1.54, 1.807) is 58.7 Å². The first-order chi connectivity index (χ1) is 61.3. The Hall–Kier alpha value is -8.98. The number of rotatable bonds is 36. The third-order valence-electron chi connectivity index (χ3n) is 24.9. The predicted octanol–water partition coefficient (Wildman–Crippen LogP) is 8.75. The van der Waals surface area contributed by atoms with Crippen LogP contribution < -0.4 is 17.2 Å². The van der Waals surface area contributed by atoms with Crippen LogP contribution in [-0.2, 0) is 118 Å². The standard InChI is InChI=1S/C93H133N13O21/c1-59-17-11-10-12-18-60(2)78(115-7)53-71-26-21-64(6)93(114,127-71)87(111)90(112)105-31-15-13-20-74(105)91(113)125-79(54-75(107)61(3)48-63(5)85(110)86(117-9)84(109)62(4)47-59)72(94)50-65-23-27-77(80(51-65)116-8)124-34-16-14-19-70-57-104(102-100-70)33-36-119-38-40-121-42-44-123-46-45-122-43-41-120-39-37-118-35-30-81(108)103-32-29-67-49-66(22-24-69(67)56-103)55-106-89-82(88(95)97-58-98-89)83(101-106)68-25-28-76-73(52-68)99-92(96)126-76/h10-12,17-18,22,24-25,28,48-49,52,57-59,61-62,64-65,71-72,74,77-80,85-86,110,114H,13-16,19-21,23,26-27,29-47,50-51,53-56,94H2,1-9H3,(H2,96,99)(H2,95,97,98)/b12-10?,17-11+,60-18?,63-48+/t59-,61-,62-,64-,65+,71+,72-,74+,77-,78+,79+,80-,85-,86+,93-/m1/s1. The summed E-state index contributed by atoms with van der Waals surface area (Å²) in [4.78, 5) is 101. The number of ether oxygens (including phenoxy) is 12. The molecule has 0 unspecified atom stereocenters. The molecule has 2 bridgehead atoms. The van der Waals surface area contributed by atoms with E-state index in [9.17, 15) is 39.0 Å². The van der Waals surface area contributed by atoms with Gasteiger partial charge in [0.25, 0.3) is 17.7 Å². The number of hydrogen-bond acceptors (Lipinski definition) is 30. The van der Waals surface area contributed by atoms with Crippen LogP contribution in [0, 0.1) is 29.6 Å². The first-order valence-electron chi connectivity index (χ1n) is 45.1. The Kier molecular flexibility index (Phi) is 38.2. The van der Waals surface area contributed by atoms with Gasteiger partial charge in [0, 0.05) is 96.0 Å². The molecular formula is C93H133N13O21. The minimum absolute atomic E-state index is 0.0155. The zero-order valence-electron chi connectivity index (χ0n) is 75.3. The van der Waals surface area contributed by atoms with E-state index in [1.807, 2.05) is 72.1 Å². The van der Waals surface area contributed by atoms with Crippen LogP contribution >= 0.6 is 0 Å². The normalized spacial score (nSPS) is 26.4. The van der Waals surface area contributed by atoms with Gasteiger partial charge in [-0.3, -0.25) is 24.0 Å². The number of methoxy groups -OCH3 is 3. The summed E-state index contributed by atoms with van der Waals surface area (Å²) < 4.78 is 79.8. The lowest BCUT2D eigenvalue weighted by Gasteiger charge is -2.42. The number of carbonyl (C=O) groups excluding carboxylic acids is 6. The monoisotopic (exact) mass is 1770 g/mol. The number of aliphatic hydroxyl groups is 2. The second-order valence-electron chi connectivity index (χ2n) is 34.3. The number of carbonyl (C=O) groups is 6. The molecular weight excluding hydrogens is 1640 g/mol. The van der Waals surface area contributed by atoms with E-state index < -0.39 is 83.8 Å². The zero-order valence-corrected chi connectivity index (χ0v) is 75.3. The number of esters is 1. The Morgan fingerprint density at radius 2 is 1.47 bits per heavy atom. The molecule has 4 aliphatic heterocycles. The number of hydrogen-bond donors (Lipinski definition) is 5. The van der Waals surface area contributed by atoms with Crippen LogP contribution in [-0.4, -0.2) is 276 Å². The summed E-state index contributed by atoms with van der Waals surface area (Å²) in [6.45, 7) is 18.2. The molecule has 6 aromatic rings. The van der Waals surface area contributed by atoms with Gasteiger partial charge in [0.15, 0.2) is 17.0 Å². The van der Waals surface area contributed by atoms with Gasteiger partial charge in [0.2, 0.25) is 11.7 Å². The molecule has 3 fully saturated rings. The molecule has 8 heterocycles. The third-order valence-corrected chi connectivity index (χ3v) is 24.9. The van der Waals surface area contributed by atoms with Crippen molar-refractivity contribution in [3.63, 3.8) is 0 Å². The molecule has 34 nitrogen and oxygen atoms in total. The number of nitrogens with zero attached hydrogens (tertiary/aromatic N) is 10. The lowest BCUT2D eigenvalue weighted by atomic mass is 9.80. The number of allylic oxidation sites excluding steroid dienone is 6. The quantitative estimate of drug-likeness (QED) is 0.0106. The van der Waals surface area contributed by atoms with E-state index in [1.165, 1.54) is 23.9 Å². The van der Waals surface area contributed by atoms with Crippen LogP contribution in [0.3, 0.4) is 0 Å². The van der Waals surface area contributed by atoms with Crippen LogP contribution in [0.2, 0.25) is 0 Å². The fourth-order valence-corrected chi connectivity index (χ4v) is 17.5. The minimum atomic E-state index is -2.48. The van der Waals surface area contributed by atoms with E-state index in [0.29, 0.717) is 215 Å². The van der Waals surface area contributed by atoms with Crippen molar-refractivity contribution in [3.05, 3.63) is 119 Å². The number of piperidine rings is 1. The van der Waals surface area contributed by atoms with Crippen molar-refractivity contribution in [1.82, 2.24) is 49.5 Å². The maximum absolute atomic E-state index is 14.7. The van der Waals surface area contributed by atoms with E-state index in [-0.39, 0.29) is 79.8 Å². The first-order valence-corrected chi connectivity index (χ1v) is 45.1. The Bertz CT molecular complexity index is 4700. The zero-order chi connectivity index (χ0) is 90.5. The van der Waals surface area contributed by atoms with Gasteiger partial charge < -0.3 is 98.5 Å². The van der Waals surface area contributed by atoms with Gasteiger partial charge in [-0.1, -0.05) is 87.6 Å². The van der Waals surface area contributed by atoms with Gasteiger partial charge >= 0.3 is 5.97 Å². The number of anilines is 2. The number of oxazole rings is 1. The lowest BCUT2D eigenvalue weighted by Crippen LogP contribution is -2.61. The molecule has 696 valence electrons. The van der Waals surface area contributed by atoms with Gasteiger partial charge in [-0.2, -0.15) is 10.1 Å². The van der Waals surface area contributed by atoms with Crippen molar-refractivity contribution in [3.8, 4) is 11.3 Å². The molecule has 1 saturated carbocycles. The van der Waals surface area contributed by atoms with Crippen molar-refractivity contribution < 1.29 is 100 Å². The Morgan fingerprint density at radius 1 is 0.740 bits per heavy atom. The number of amides is 2. The number of aliphatic hydroxyl groups excluding tert-OH is 1. The van der Waals surface area contributed by atoms with Crippen LogP contribution in [0.25, 0.3) is 33.4 Å². The second-order valence-corrected chi connectivity index (χ2v) is 34.3. The fourth-order valence-electron chi connectivity index (χ4n) is 17.5. The Morgan fingerprint density at radius 3 is 2.20 bits per heavy atom. The number of Topliss-reactive ketones (excluding diaryl/α,β-unsaturated/α-hetero) is 3. The van der Waals surface area contributed by atoms with Gasteiger partial charge in [-0.15, -0.1) is 5.10 Å². The van der Waals surface area contributed by atoms with E-state index in [2.05, 4.69) is 43.5 Å². The number of benzene rings is 2. The fraction of sp³-hybridized carbons (Fsp3) is 0.634. The second kappa shape index (κ2) is 49.1. The maximum Gasteiger partial charge on any atom is 0.329 e. The first kappa shape index (κ1) is 98.6. The number of unbranched alkanes of at least 4 members (excludes halogenated alkanes) is 1. The van der Waals surface area contributed by atoms with Crippen LogP contribution in [0.5, 0.6) is 0 Å². The molecule has 2 amide bonds. The van der Waals surface area contributed by atoms with E-state index in [0.717, 1.165) is 47.2 Å². The van der Waals surface area contributed by atoms with Crippen molar-refractivity contribution in [2.75, 3.05) is 132 Å². The number of ketones is 3. The molecule has 34 heteroatoms. The van der Waals surface area contributed by atoms with Crippen LogP contribution in [0.4, 0.5) is 11.8 Å². The Balaban J connectivity index is 0.533. The number of nitrogen functional groups attached to an aromatic ring is 2. The highest BCUT2D eigenvalue weighted by atomic mass is 16.6. The molecule has 11 rings (SSSR count). The predicted molar refractivity (Wildman–Crippen MR) is 472 cm³/mol. The number of cyclic esters (lactones) is 1. The van der Waals surface area contributed by atoms with Crippen LogP contribution in [0.1, 0.15) is 160 Å². The van der Waals surface area contributed by atoms with Crippen molar-refractivity contribution in [2.45, 2.75) is 231 Å². The van der Waals surface area contributed by atoms with Gasteiger partial charge in [-0.25, -0.2) is 24.1 Å². The smallest absolute Gasteiger partial charge is 0.329 e. The van der Waals surface area contributed by atoms with Crippen LogP contribution in [0.15, 0.2) is 101 Å². The molecule has 4 aromatic heterocycles. The van der Waals surface area contributed by atoms with Gasteiger partial charge in [-0.05, 0) is 162 Å². The summed E-state index contributed by atoms with van der Waals surface area (Å²) in [5, 5.41) is 38.0. The molecule has 0 radical (unpaired) electrons. The molecule has 5 aliphatic rings. The summed E-state index contributed by atoms with van der Waals surface area (Å²) in [6.07, 6.45) is 17.3. The summed E-state index contributed by atoms with van der Waals surface area (Å²) in [5.41, 5.74) is 27.9. The molecule has 0 spiro atoms. The molecule has 2 aromatic carbocycles. The van der Waals surface area contributed by atoms with E-state index >= 15 is 0 Å². The van der Waals surface area contributed by atoms with Gasteiger partial charge in [0.05, 0.1) is 134 Å². The summed E-state index contributed by atoms with van der Waals surface area (Å²) in [7, 11) is 4.59. The molecule has 1 aliphatic carbocycles. The average Bonchev–Trinajstić information content (AvgIpc) is 1.75. The van der Waals surface area contributed by atoms with E-state index in [4.69, 9.17) is 83.6 Å². The average molecular weight is 1770 g/mol. The van der Waals surface area contributed by atoms with Crippen molar-refractivity contribution in [1.29, 1.82) is 0 Å². The minimum Gasteiger partial charge on any atom is -0.459 e. The SMILES string of the molecule is CO[C@H]1C[C@@H]2CC[C@@H](C)[C@@](O)(O2)C(=O)C(=O)N2CCCC[C@H]2C(=O)O[C@H]([C@H](N)C[C@@H]2CC[C@@H](OCCCCc3cn(CCOCCOCCOCCOCCOCCOCCC(=O)N4CCc5cc(Cn6nc(-c7ccc8oc(N)nc8c7)c7c(N)ncnc76)ccc5C4)nn3)[C@H](OC)C2)CC(=O)[C@H](C)/C=C(\C)[C@@H](O)[C@@H](OC)C(=O)[C@H](C)C[C@H](C)/C=C/C=CC=C1C. The number of nitrogens with two attached hydrogens (primary N) is 3. The molecule has 2 saturated heterocycles.